The number of methoxy groups -OCH3 is 1. The summed E-state index contributed by atoms with van der Waals surface area (Å²) in [6, 6.07) is 4.50. The molecule has 0 radical (unpaired) electrons. The fourth-order valence-corrected chi connectivity index (χ4v) is 4.14. The largest absolute Gasteiger partial charge is 0.462 e. The fraction of sp³-hybridized carbons (Fsp3) is 0.737. The minimum atomic E-state index is 0.369. The van der Waals surface area contributed by atoms with E-state index >= 15 is 0 Å². The van der Waals surface area contributed by atoms with Gasteiger partial charge in [0.05, 0.1) is 6.54 Å². The molecule has 1 aromatic rings. The number of hydrogen-bond donors (Lipinski definition) is 0. The quantitative estimate of drug-likeness (QED) is 0.769. The molecule has 2 saturated heterocycles. The maximum atomic E-state index is 12.3. The van der Waals surface area contributed by atoms with Crippen LogP contribution >= 0.6 is 0 Å². The summed E-state index contributed by atoms with van der Waals surface area (Å²) in [5.41, 5.74) is 0. The molecule has 0 bridgehead atoms. The number of fused-ring (bicyclic) bond motifs is 1. The van der Waals surface area contributed by atoms with Crippen LogP contribution in [0.2, 0.25) is 0 Å². The average molecular weight is 334 g/mol. The van der Waals surface area contributed by atoms with Gasteiger partial charge in [0.1, 0.15) is 18.1 Å². The Morgan fingerprint density at radius 1 is 1.29 bits per heavy atom. The third-order valence-electron chi connectivity index (χ3n) is 5.36. The summed E-state index contributed by atoms with van der Waals surface area (Å²) < 4.78 is 10.9. The van der Waals surface area contributed by atoms with Crippen LogP contribution in [0.4, 0.5) is 0 Å². The van der Waals surface area contributed by atoms with E-state index in [0.717, 1.165) is 69.8 Å². The predicted molar refractivity (Wildman–Crippen MR) is 92.4 cm³/mol. The number of amides is 1. The Balaban J connectivity index is 1.56. The van der Waals surface area contributed by atoms with Crippen LogP contribution in [-0.4, -0.2) is 48.5 Å². The Kier molecular flexibility index (Phi) is 5.95. The summed E-state index contributed by atoms with van der Waals surface area (Å²) in [5, 5.41) is 0. The third kappa shape index (κ3) is 4.01. The molecule has 1 amide bonds. The molecule has 2 fully saturated rings. The molecule has 2 atom stereocenters. The van der Waals surface area contributed by atoms with Gasteiger partial charge in [-0.1, -0.05) is 13.3 Å². The second kappa shape index (κ2) is 8.17. The molecule has 0 unspecified atom stereocenters. The van der Waals surface area contributed by atoms with Crippen LogP contribution < -0.4 is 0 Å². The van der Waals surface area contributed by atoms with Crippen molar-refractivity contribution in [3.8, 4) is 0 Å². The van der Waals surface area contributed by atoms with Gasteiger partial charge in [-0.05, 0) is 37.3 Å². The van der Waals surface area contributed by atoms with Crippen molar-refractivity contribution in [3.05, 3.63) is 23.7 Å². The van der Waals surface area contributed by atoms with E-state index in [1.165, 1.54) is 0 Å². The minimum Gasteiger partial charge on any atom is -0.462 e. The van der Waals surface area contributed by atoms with E-state index in [1.807, 2.05) is 6.07 Å². The zero-order valence-electron chi connectivity index (χ0n) is 15.0. The van der Waals surface area contributed by atoms with Crippen molar-refractivity contribution < 1.29 is 13.9 Å². The number of piperidine rings is 2. The van der Waals surface area contributed by atoms with Crippen molar-refractivity contribution in [3.63, 3.8) is 0 Å². The van der Waals surface area contributed by atoms with E-state index in [9.17, 15) is 4.79 Å². The molecule has 0 N–H and O–H groups in total. The Hall–Kier alpha value is -1.33. The van der Waals surface area contributed by atoms with E-state index in [4.69, 9.17) is 9.15 Å². The zero-order chi connectivity index (χ0) is 16.9. The number of furan rings is 1. The maximum Gasteiger partial charge on any atom is 0.222 e. The van der Waals surface area contributed by atoms with Crippen molar-refractivity contribution in [2.24, 2.45) is 5.92 Å². The van der Waals surface area contributed by atoms with Crippen molar-refractivity contribution in [2.75, 3.05) is 26.7 Å². The Labute approximate surface area is 144 Å². The van der Waals surface area contributed by atoms with E-state index in [0.29, 0.717) is 24.5 Å². The molecule has 5 heteroatoms. The normalized spacial score (nSPS) is 25.1. The molecule has 0 aliphatic carbocycles. The molecular formula is C19H30N2O3. The number of unbranched alkanes of at least 4 members (excludes halogenated alkanes) is 1. The molecule has 2 aliphatic rings. The zero-order valence-corrected chi connectivity index (χ0v) is 15.0. The molecule has 0 aromatic carbocycles. The fourth-order valence-electron chi connectivity index (χ4n) is 4.14. The van der Waals surface area contributed by atoms with Crippen molar-refractivity contribution in [2.45, 2.75) is 58.2 Å². The summed E-state index contributed by atoms with van der Waals surface area (Å²) in [6.07, 6.45) is 5.11. The number of hydrogen-bond acceptors (Lipinski definition) is 4. The van der Waals surface area contributed by atoms with Crippen LogP contribution in [-0.2, 0) is 22.7 Å². The topological polar surface area (TPSA) is 45.9 Å². The molecule has 3 rings (SSSR count). The molecule has 0 saturated carbocycles. The lowest BCUT2D eigenvalue weighted by molar-refractivity contribution is -0.141. The van der Waals surface area contributed by atoms with Crippen molar-refractivity contribution in [1.29, 1.82) is 0 Å². The van der Waals surface area contributed by atoms with E-state index in [-0.39, 0.29) is 0 Å². The Bertz CT molecular complexity index is 542. The Morgan fingerprint density at radius 2 is 2.12 bits per heavy atom. The van der Waals surface area contributed by atoms with E-state index < -0.39 is 0 Å². The first kappa shape index (κ1) is 17.5. The molecule has 134 valence electrons. The van der Waals surface area contributed by atoms with Gasteiger partial charge >= 0.3 is 0 Å². The average Bonchev–Trinajstić information content (AvgIpc) is 3.01. The highest BCUT2D eigenvalue weighted by Gasteiger charge is 2.38. The first-order valence-corrected chi connectivity index (χ1v) is 9.29. The number of nitrogens with zero attached hydrogens (tertiary/aromatic N) is 2. The lowest BCUT2D eigenvalue weighted by Crippen LogP contribution is -2.55. The highest BCUT2D eigenvalue weighted by molar-refractivity contribution is 5.77. The van der Waals surface area contributed by atoms with Crippen LogP contribution in [0.3, 0.4) is 0 Å². The molecule has 0 spiro atoms. The highest BCUT2D eigenvalue weighted by atomic mass is 16.5. The summed E-state index contributed by atoms with van der Waals surface area (Å²) in [4.78, 5) is 16.9. The van der Waals surface area contributed by atoms with E-state index in [1.54, 1.807) is 7.11 Å². The van der Waals surface area contributed by atoms with Crippen LogP contribution in [0.1, 0.15) is 50.5 Å². The summed E-state index contributed by atoms with van der Waals surface area (Å²) >= 11 is 0. The minimum absolute atomic E-state index is 0.369. The maximum absolute atomic E-state index is 12.3. The first-order chi connectivity index (χ1) is 11.7. The van der Waals surface area contributed by atoms with Gasteiger partial charge in [0.15, 0.2) is 0 Å². The van der Waals surface area contributed by atoms with Gasteiger partial charge < -0.3 is 14.1 Å². The number of ether oxygens (including phenoxy) is 1. The molecular weight excluding hydrogens is 304 g/mol. The van der Waals surface area contributed by atoms with Gasteiger partial charge in [-0.2, -0.15) is 0 Å². The molecule has 3 heterocycles. The second-order valence-corrected chi connectivity index (χ2v) is 7.13. The third-order valence-corrected chi connectivity index (χ3v) is 5.36. The number of rotatable bonds is 7. The number of carbonyl (C=O) groups is 1. The lowest BCUT2D eigenvalue weighted by atomic mass is 9.83. The number of carbonyl (C=O) groups excluding carboxylic acids is 1. The lowest BCUT2D eigenvalue weighted by Gasteiger charge is -2.47. The van der Waals surface area contributed by atoms with Gasteiger partial charge in [-0.15, -0.1) is 0 Å². The van der Waals surface area contributed by atoms with Crippen LogP contribution in [0.25, 0.3) is 0 Å². The predicted octanol–water partition coefficient (Wildman–Crippen LogP) is 3.04. The Morgan fingerprint density at radius 3 is 2.92 bits per heavy atom. The number of likely N-dealkylation sites (tertiary alicyclic amines) is 2. The summed E-state index contributed by atoms with van der Waals surface area (Å²) in [5.74, 6) is 2.88. The first-order valence-electron chi connectivity index (χ1n) is 9.29. The standard InChI is InChI=1S/C19H30N2O3/c1-3-4-10-21-18-9-11-20(12-15(18)5-8-19(21)22)13-16-6-7-17(24-16)14-23-2/h6-7,15,18H,3-5,8-14H2,1-2H3/t15-,18+/m0/s1. The van der Waals surface area contributed by atoms with Gasteiger partial charge in [-0.25, -0.2) is 0 Å². The van der Waals surface area contributed by atoms with Crippen molar-refractivity contribution in [1.82, 2.24) is 9.80 Å². The molecule has 1 aromatic heterocycles. The monoisotopic (exact) mass is 334 g/mol. The molecule has 24 heavy (non-hydrogen) atoms. The van der Waals surface area contributed by atoms with E-state index in [2.05, 4.69) is 22.8 Å². The van der Waals surface area contributed by atoms with Gasteiger partial charge in [0.25, 0.3) is 0 Å². The molecule has 5 nitrogen and oxygen atoms in total. The summed E-state index contributed by atoms with van der Waals surface area (Å²) in [7, 11) is 1.68. The van der Waals surface area contributed by atoms with Gasteiger partial charge in [0.2, 0.25) is 5.91 Å². The smallest absolute Gasteiger partial charge is 0.222 e. The van der Waals surface area contributed by atoms with Crippen LogP contribution in [0.5, 0.6) is 0 Å². The van der Waals surface area contributed by atoms with Crippen molar-refractivity contribution >= 4 is 5.91 Å². The highest BCUT2D eigenvalue weighted by Crippen LogP contribution is 2.32. The molecule has 2 aliphatic heterocycles. The SMILES string of the molecule is CCCCN1C(=O)CC[C@H]2CN(Cc3ccc(COC)o3)CC[C@H]21. The van der Waals surface area contributed by atoms with Gasteiger partial charge in [-0.3, -0.25) is 9.69 Å². The van der Waals surface area contributed by atoms with Crippen LogP contribution in [0, 0.1) is 5.92 Å². The second-order valence-electron chi connectivity index (χ2n) is 7.13. The van der Waals surface area contributed by atoms with Crippen LogP contribution in [0.15, 0.2) is 16.5 Å². The van der Waals surface area contributed by atoms with Gasteiger partial charge in [0, 0.05) is 39.2 Å². The summed E-state index contributed by atoms with van der Waals surface area (Å²) in [6.45, 7) is 6.62.